The van der Waals surface area contributed by atoms with Gasteiger partial charge in [0.2, 0.25) is 0 Å². The number of nitrogens with one attached hydrogen (secondary N) is 1. The van der Waals surface area contributed by atoms with Gasteiger partial charge in [-0.15, -0.1) is 0 Å². The second-order valence-electron chi connectivity index (χ2n) is 4.77. The van der Waals surface area contributed by atoms with Gasteiger partial charge >= 0.3 is 0 Å². The fourth-order valence-electron chi connectivity index (χ4n) is 2.71. The minimum Gasteiger partial charge on any atom is -0.380 e. The molecule has 2 rings (SSSR count). The predicted octanol–water partition coefficient (Wildman–Crippen LogP) is 0.563. The average Bonchev–Trinajstić information content (AvgIpc) is 2.64. The number of likely N-dealkylation sites (tertiary alicyclic amines) is 1. The molecule has 1 N–H and O–H groups in total. The lowest BCUT2D eigenvalue weighted by Crippen LogP contribution is -2.43. The second kappa shape index (κ2) is 4.60. The summed E-state index contributed by atoms with van der Waals surface area (Å²) in [6, 6.07) is 0. The molecule has 0 saturated carbocycles. The van der Waals surface area contributed by atoms with Crippen LogP contribution in [0.5, 0.6) is 0 Å². The number of nitrogens with zero attached hydrogens (tertiary/aromatic N) is 1. The molecule has 0 radical (unpaired) electrons. The minimum absolute atomic E-state index is 0.376. The summed E-state index contributed by atoms with van der Waals surface area (Å²) < 4.78 is 5.31. The smallest absolute Gasteiger partial charge is 0.0670 e. The number of hydrogen-bond donors (Lipinski definition) is 1. The third kappa shape index (κ3) is 2.27. The molecule has 82 valence electrons. The van der Waals surface area contributed by atoms with E-state index < -0.39 is 0 Å². The summed E-state index contributed by atoms with van der Waals surface area (Å²) in [4.78, 5) is 2.56. The first-order valence-corrected chi connectivity index (χ1v) is 5.75. The van der Waals surface area contributed by atoms with Gasteiger partial charge in [-0.05, 0) is 44.8 Å². The Kier molecular flexibility index (Phi) is 3.42. The van der Waals surface area contributed by atoms with Crippen molar-refractivity contribution in [1.29, 1.82) is 0 Å². The molecule has 0 bridgehead atoms. The maximum Gasteiger partial charge on any atom is 0.0670 e. The lowest BCUT2D eigenvalue weighted by molar-refractivity contribution is 0.0530. The maximum absolute atomic E-state index is 5.31. The zero-order valence-corrected chi connectivity index (χ0v) is 9.33. The van der Waals surface area contributed by atoms with Crippen LogP contribution in [-0.4, -0.2) is 50.8 Å². The molecule has 0 aromatic rings. The Morgan fingerprint density at radius 3 is 3.00 bits per heavy atom. The third-order valence-corrected chi connectivity index (χ3v) is 3.71. The van der Waals surface area contributed by atoms with E-state index in [-0.39, 0.29) is 0 Å². The number of hydrogen-bond acceptors (Lipinski definition) is 3. The molecule has 2 aliphatic rings. The summed E-state index contributed by atoms with van der Waals surface area (Å²) in [5, 5.41) is 3.49. The molecule has 3 nitrogen and oxygen atoms in total. The highest BCUT2D eigenvalue weighted by molar-refractivity contribution is 4.88. The predicted molar refractivity (Wildman–Crippen MR) is 57.4 cm³/mol. The van der Waals surface area contributed by atoms with Crippen LogP contribution in [-0.2, 0) is 4.74 Å². The standard InChI is InChI=1S/C11H22N2O/c1-9(14-2)7-13-4-3-10-5-12-6-11(10)8-13/h9-12H,3-8H2,1-2H3. The number of fused-ring (bicyclic) bond motifs is 1. The van der Waals surface area contributed by atoms with Crippen LogP contribution in [0.4, 0.5) is 0 Å². The van der Waals surface area contributed by atoms with Crippen molar-refractivity contribution in [3.8, 4) is 0 Å². The molecule has 0 aliphatic carbocycles. The Hall–Kier alpha value is -0.120. The first-order valence-electron chi connectivity index (χ1n) is 5.75. The van der Waals surface area contributed by atoms with Gasteiger partial charge in [-0.2, -0.15) is 0 Å². The molecule has 3 heteroatoms. The zero-order valence-electron chi connectivity index (χ0n) is 9.33. The molecule has 0 spiro atoms. The number of ether oxygens (including phenoxy) is 1. The van der Waals surface area contributed by atoms with Crippen LogP contribution in [0.1, 0.15) is 13.3 Å². The molecular weight excluding hydrogens is 176 g/mol. The molecule has 3 unspecified atom stereocenters. The Morgan fingerprint density at radius 2 is 2.21 bits per heavy atom. The van der Waals surface area contributed by atoms with Gasteiger partial charge in [-0.3, -0.25) is 0 Å². The largest absolute Gasteiger partial charge is 0.380 e. The van der Waals surface area contributed by atoms with Gasteiger partial charge in [0, 0.05) is 20.2 Å². The zero-order chi connectivity index (χ0) is 9.97. The van der Waals surface area contributed by atoms with E-state index in [9.17, 15) is 0 Å². The molecule has 2 aliphatic heterocycles. The van der Waals surface area contributed by atoms with Crippen LogP contribution < -0.4 is 5.32 Å². The second-order valence-corrected chi connectivity index (χ2v) is 4.77. The Bertz CT molecular complexity index is 186. The summed E-state index contributed by atoms with van der Waals surface area (Å²) in [5.74, 6) is 1.84. The van der Waals surface area contributed by atoms with Gasteiger partial charge in [-0.1, -0.05) is 0 Å². The molecule has 2 saturated heterocycles. The highest BCUT2D eigenvalue weighted by Gasteiger charge is 2.32. The van der Waals surface area contributed by atoms with E-state index >= 15 is 0 Å². The van der Waals surface area contributed by atoms with E-state index in [2.05, 4.69) is 17.1 Å². The van der Waals surface area contributed by atoms with Crippen molar-refractivity contribution in [2.45, 2.75) is 19.4 Å². The quantitative estimate of drug-likeness (QED) is 0.717. The molecule has 2 fully saturated rings. The third-order valence-electron chi connectivity index (χ3n) is 3.71. The summed E-state index contributed by atoms with van der Waals surface area (Å²) in [5.41, 5.74) is 0. The van der Waals surface area contributed by atoms with Gasteiger partial charge in [0.05, 0.1) is 6.10 Å². The fraction of sp³-hybridized carbons (Fsp3) is 1.00. The van der Waals surface area contributed by atoms with E-state index in [0.29, 0.717) is 6.10 Å². The van der Waals surface area contributed by atoms with Crippen LogP contribution in [0.2, 0.25) is 0 Å². The lowest BCUT2D eigenvalue weighted by Gasteiger charge is -2.35. The van der Waals surface area contributed by atoms with E-state index in [0.717, 1.165) is 18.4 Å². The molecule has 0 aromatic heterocycles. The summed E-state index contributed by atoms with van der Waals surface area (Å²) >= 11 is 0. The Morgan fingerprint density at radius 1 is 1.43 bits per heavy atom. The lowest BCUT2D eigenvalue weighted by atomic mass is 9.88. The molecule has 14 heavy (non-hydrogen) atoms. The molecule has 2 heterocycles. The van der Waals surface area contributed by atoms with Gasteiger partial charge in [0.15, 0.2) is 0 Å². The summed E-state index contributed by atoms with van der Waals surface area (Å²) in [6.07, 6.45) is 1.74. The van der Waals surface area contributed by atoms with Crippen molar-refractivity contribution < 1.29 is 4.74 Å². The molecule has 3 atom stereocenters. The van der Waals surface area contributed by atoms with Crippen LogP contribution >= 0.6 is 0 Å². The summed E-state index contributed by atoms with van der Waals surface area (Å²) in [7, 11) is 1.80. The molecule has 0 amide bonds. The Balaban J connectivity index is 1.79. The number of methoxy groups -OCH3 is 1. The van der Waals surface area contributed by atoms with E-state index in [1.54, 1.807) is 7.11 Å². The monoisotopic (exact) mass is 198 g/mol. The highest BCUT2D eigenvalue weighted by atomic mass is 16.5. The number of rotatable bonds is 3. The van der Waals surface area contributed by atoms with Gasteiger partial charge < -0.3 is 15.0 Å². The van der Waals surface area contributed by atoms with Crippen LogP contribution in [0, 0.1) is 11.8 Å². The van der Waals surface area contributed by atoms with Crippen molar-refractivity contribution in [2.24, 2.45) is 11.8 Å². The number of piperidine rings is 1. The Labute approximate surface area is 86.8 Å². The van der Waals surface area contributed by atoms with Crippen molar-refractivity contribution >= 4 is 0 Å². The van der Waals surface area contributed by atoms with E-state index in [1.165, 1.54) is 32.6 Å². The van der Waals surface area contributed by atoms with Crippen molar-refractivity contribution in [1.82, 2.24) is 10.2 Å². The van der Waals surface area contributed by atoms with Crippen LogP contribution in [0.15, 0.2) is 0 Å². The van der Waals surface area contributed by atoms with E-state index in [1.807, 2.05) is 0 Å². The molecular formula is C11H22N2O. The summed E-state index contributed by atoms with van der Waals surface area (Å²) in [6.45, 7) is 8.25. The first-order chi connectivity index (χ1) is 6.79. The van der Waals surface area contributed by atoms with E-state index in [4.69, 9.17) is 4.74 Å². The fourth-order valence-corrected chi connectivity index (χ4v) is 2.71. The SMILES string of the molecule is COC(C)CN1CCC2CNCC2C1. The van der Waals surface area contributed by atoms with Crippen molar-refractivity contribution in [3.05, 3.63) is 0 Å². The van der Waals surface area contributed by atoms with Crippen LogP contribution in [0.3, 0.4) is 0 Å². The van der Waals surface area contributed by atoms with Crippen molar-refractivity contribution in [2.75, 3.05) is 39.8 Å². The highest BCUT2D eigenvalue weighted by Crippen LogP contribution is 2.26. The van der Waals surface area contributed by atoms with Crippen LogP contribution in [0.25, 0.3) is 0 Å². The minimum atomic E-state index is 0.376. The normalized spacial score (nSPS) is 35.6. The first kappa shape index (κ1) is 10.4. The van der Waals surface area contributed by atoms with Gasteiger partial charge in [0.25, 0.3) is 0 Å². The maximum atomic E-state index is 5.31. The average molecular weight is 198 g/mol. The topological polar surface area (TPSA) is 24.5 Å². The van der Waals surface area contributed by atoms with Gasteiger partial charge in [0.1, 0.15) is 0 Å². The molecule has 0 aromatic carbocycles. The van der Waals surface area contributed by atoms with Gasteiger partial charge in [-0.25, -0.2) is 0 Å². The van der Waals surface area contributed by atoms with Crippen molar-refractivity contribution in [3.63, 3.8) is 0 Å².